The molecule has 2 aromatic rings. The zero-order chi connectivity index (χ0) is 19.4. The van der Waals surface area contributed by atoms with Gasteiger partial charge in [-0.25, -0.2) is 0 Å². The number of nitrogens with one attached hydrogen (secondary N) is 1. The minimum Gasteiger partial charge on any atom is -0.494 e. The van der Waals surface area contributed by atoms with Gasteiger partial charge in [-0.05, 0) is 30.7 Å². The number of carbonyl (C=O) groups is 3. The molecule has 0 unspecified atom stereocenters. The molecule has 2 heterocycles. The lowest BCUT2D eigenvalue weighted by Gasteiger charge is -2.19. The van der Waals surface area contributed by atoms with E-state index in [0.717, 1.165) is 6.42 Å². The molecule has 6 nitrogen and oxygen atoms in total. The maximum atomic E-state index is 12.2. The largest absolute Gasteiger partial charge is 0.494 e. The number of amides is 2. The van der Waals surface area contributed by atoms with Crippen LogP contribution >= 0.6 is 22.9 Å². The summed E-state index contributed by atoms with van der Waals surface area (Å²) in [5.74, 6) is 0.213. The number of halogens is 1. The first-order valence-corrected chi connectivity index (χ1v) is 9.74. The van der Waals surface area contributed by atoms with E-state index in [0.29, 0.717) is 39.3 Å². The van der Waals surface area contributed by atoms with E-state index in [1.54, 1.807) is 35.2 Å². The highest BCUT2D eigenvalue weighted by Crippen LogP contribution is 2.34. The number of ether oxygens (including phenoxy) is 1. The highest BCUT2D eigenvalue weighted by atomic mass is 35.5. The molecule has 0 atom stereocenters. The number of thiophene rings is 1. The van der Waals surface area contributed by atoms with E-state index in [9.17, 15) is 14.4 Å². The first kappa shape index (κ1) is 19.4. The van der Waals surface area contributed by atoms with Crippen LogP contribution < -0.4 is 15.0 Å². The van der Waals surface area contributed by atoms with Gasteiger partial charge in [-0.1, -0.05) is 11.6 Å². The smallest absolute Gasteiger partial charge is 0.227 e. The zero-order valence-corrected chi connectivity index (χ0v) is 16.4. The Morgan fingerprint density at radius 2 is 2.07 bits per heavy atom. The molecule has 1 N–H and O–H groups in total. The molecule has 0 spiro atoms. The van der Waals surface area contributed by atoms with Gasteiger partial charge in [0.25, 0.3) is 0 Å². The normalized spacial score (nSPS) is 13.7. The van der Waals surface area contributed by atoms with Gasteiger partial charge in [0, 0.05) is 37.6 Å². The monoisotopic (exact) mass is 406 g/mol. The van der Waals surface area contributed by atoms with Crippen molar-refractivity contribution < 1.29 is 19.1 Å². The molecule has 0 bridgehead atoms. The summed E-state index contributed by atoms with van der Waals surface area (Å²) < 4.78 is 5.92. The van der Waals surface area contributed by atoms with Gasteiger partial charge in [-0.2, -0.15) is 0 Å². The highest BCUT2D eigenvalue weighted by molar-refractivity contribution is 7.18. The average Bonchev–Trinajstić information content (AvgIpc) is 3.28. The fourth-order valence-corrected chi connectivity index (χ4v) is 3.93. The molecular weight excluding hydrogens is 388 g/mol. The molecule has 1 aromatic heterocycles. The van der Waals surface area contributed by atoms with Crippen molar-refractivity contribution in [1.82, 2.24) is 0 Å². The molecule has 0 aliphatic carbocycles. The van der Waals surface area contributed by atoms with Crippen LogP contribution in [0.2, 0.25) is 4.34 Å². The van der Waals surface area contributed by atoms with Gasteiger partial charge in [0.15, 0.2) is 5.78 Å². The number of carbonyl (C=O) groups excluding carboxylic acids is 3. The number of hydrogen-bond donors (Lipinski definition) is 1. The molecule has 1 aromatic carbocycles. The maximum Gasteiger partial charge on any atom is 0.227 e. The van der Waals surface area contributed by atoms with Crippen molar-refractivity contribution >= 4 is 51.9 Å². The van der Waals surface area contributed by atoms with Crippen molar-refractivity contribution in [1.29, 1.82) is 0 Å². The Bertz CT molecular complexity index is 880. The van der Waals surface area contributed by atoms with Gasteiger partial charge in [0.2, 0.25) is 11.8 Å². The summed E-state index contributed by atoms with van der Waals surface area (Å²) in [6.45, 7) is 0.662. The van der Waals surface area contributed by atoms with E-state index in [2.05, 4.69) is 5.32 Å². The molecule has 1 aliphatic rings. The molecule has 142 valence electrons. The second kappa shape index (κ2) is 8.54. The number of anilines is 2. The first-order valence-electron chi connectivity index (χ1n) is 8.54. The van der Waals surface area contributed by atoms with Gasteiger partial charge < -0.3 is 15.0 Å². The SMILES string of the molecule is COc1cc(NC(=O)CCC(=O)c2ccc(Cl)s2)ccc1N1CCCC1=O. The topological polar surface area (TPSA) is 75.7 Å². The second-order valence-corrected chi connectivity index (χ2v) is 7.83. The lowest BCUT2D eigenvalue weighted by Crippen LogP contribution is -2.24. The van der Waals surface area contributed by atoms with Crippen LogP contribution in [-0.4, -0.2) is 31.3 Å². The van der Waals surface area contributed by atoms with E-state index >= 15 is 0 Å². The molecule has 1 saturated heterocycles. The average molecular weight is 407 g/mol. The van der Waals surface area contributed by atoms with Crippen LogP contribution in [0.3, 0.4) is 0 Å². The van der Waals surface area contributed by atoms with Crippen LogP contribution in [0, 0.1) is 0 Å². The molecule has 0 radical (unpaired) electrons. The van der Waals surface area contributed by atoms with Crippen molar-refractivity contribution in [2.45, 2.75) is 25.7 Å². The summed E-state index contributed by atoms with van der Waals surface area (Å²) >= 11 is 7.03. The third kappa shape index (κ3) is 4.67. The zero-order valence-electron chi connectivity index (χ0n) is 14.8. The van der Waals surface area contributed by atoms with Crippen molar-refractivity contribution in [3.05, 3.63) is 39.5 Å². The molecule has 1 fully saturated rings. The number of benzene rings is 1. The lowest BCUT2D eigenvalue weighted by atomic mass is 10.2. The Labute approximate surface area is 166 Å². The summed E-state index contributed by atoms with van der Waals surface area (Å²) in [6.07, 6.45) is 1.54. The minimum atomic E-state index is -0.266. The summed E-state index contributed by atoms with van der Waals surface area (Å²) in [7, 11) is 1.52. The van der Waals surface area contributed by atoms with Crippen LogP contribution in [0.4, 0.5) is 11.4 Å². The van der Waals surface area contributed by atoms with Crippen LogP contribution in [0.15, 0.2) is 30.3 Å². The third-order valence-electron chi connectivity index (χ3n) is 4.25. The lowest BCUT2D eigenvalue weighted by molar-refractivity contribution is -0.117. The minimum absolute atomic E-state index is 0.0669. The van der Waals surface area contributed by atoms with Crippen molar-refractivity contribution in [3.63, 3.8) is 0 Å². The predicted molar refractivity (Wildman–Crippen MR) is 106 cm³/mol. The van der Waals surface area contributed by atoms with E-state index in [1.807, 2.05) is 0 Å². The van der Waals surface area contributed by atoms with E-state index in [4.69, 9.17) is 16.3 Å². The van der Waals surface area contributed by atoms with Gasteiger partial charge in [-0.15, -0.1) is 11.3 Å². The summed E-state index contributed by atoms with van der Waals surface area (Å²) in [5, 5.41) is 2.76. The van der Waals surface area contributed by atoms with Crippen LogP contribution in [0.5, 0.6) is 5.75 Å². The van der Waals surface area contributed by atoms with E-state index in [1.165, 1.54) is 18.4 Å². The maximum absolute atomic E-state index is 12.2. The molecular formula is C19H19ClN2O4S. The molecule has 3 rings (SSSR count). The molecule has 2 amide bonds. The third-order valence-corrected chi connectivity index (χ3v) is 5.53. The predicted octanol–water partition coefficient (Wildman–Crippen LogP) is 4.14. The summed E-state index contributed by atoms with van der Waals surface area (Å²) in [4.78, 5) is 38.4. The molecule has 0 saturated carbocycles. The molecule has 8 heteroatoms. The number of nitrogens with zero attached hydrogens (tertiary/aromatic N) is 1. The highest BCUT2D eigenvalue weighted by Gasteiger charge is 2.24. The van der Waals surface area contributed by atoms with Crippen molar-refractivity contribution in [3.8, 4) is 5.75 Å². The quantitative estimate of drug-likeness (QED) is 0.701. The second-order valence-electron chi connectivity index (χ2n) is 6.11. The number of rotatable bonds is 7. The Kier molecular flexibility index (Phi) is 6.13. The first-order chi connectivity index (χ1) is 13.0. The van der Waals surface area contributed by atoms with E-state index < -0.39 is 0 Å². The van der Waals surface area contributed by atoms with Gasteiger partial charge >= 0.3 is 0 Å². The van der Waals surface area contributed by atoms with Crippen LogP contribution in [0.1, 0.15) is 35.4 Å². The fourth-order valence-electron chi connectivity index (χ4n) is 2.92. The van der Waals surface area contributed by atoms with Crippen LogP contribution in [-0.2, 0) is 9.59 Å². The molecule has 1 aliphatic heterocycles. The molecule has 27 heavy (non-hydrogen) atoms. The van der Waals surface area contributed by atoms with Crippen molar-refractivity contribution in [2.75, 3.05) is 23.9 Å². The number of ketones is 1. The summed E-state index contributed by atoms with van der Waals surface area (Å²) in [5.41, 5.74) is 1.25. The van der Waals surface area contributed by atoms with Gasteiger partial charge in [0.05, 0.1) is 22.0 Å². The fraction of sp³-hybridized carbons (Fsp3) is 0.316. The number of methoxy groups -OCH3 is 1. The Hall–Kier alpha value is -2.38. The van der Waals surface area contributed by atoms with Crippen molar-refractivity contribution in [2.24, 2.45) is 0 Å². The standard InChI is InChI=1S/C19H19ClN2O4S/c1-26-15-11-12(4-5-13(15)22-10-2-3-19(22)25)21-18(24)9-6-14(23)16-7-8-17(20)27-16/h4-5,7-8,11H,2-3,6,9-10H2,1H3,(H,21,24). The van der Waals surface area contributed by atoms with E-state index in [-0.39, 0.29) is 30.4 Å². The number of Topliss-reactive ketones (excluding diaryl/α,β-unsaturated/α-hetero) is 1. The number of hydrogen-bond acceptors (Lipinski definition) is 5. The van der Waals surface area contributed by atoms with Gasteiger partial charge in [-0.3, -0.25) is 14.4 Å². The Balaban J connectivity index is 1.60. The summed E-state index contributed by atoms with van der Waals surface area (Å²) in [6, 6.07) is 8.49. The Morgan fingerprint density at radius 1 is 1.26 bits per heavy atom. The Morgan fingerprint density at radius 3 is 2.70 bits per heavy atom. The van der Waals surface area contributed by atoms with Gasteiger partial charge in [0.1, 0.15) is 5.75 Å². The van der Waals surface area contributed by atoms with Crippen LogP contribution in [0.25, 0.3) is 0 Å².